The fourth-order valence-corrected chi connectivity index (χ4v) is 4.61. The van der Waals surface area contributed by atoms with Crippen LogP contribution >= 0.6 is 11.8 Å². The van der Waals surface area contributed by atoms with Gasteiger partial charge in [0.1, 0.15) is 0 Å². The Bertz CT molecular complexity index is 625. The quantitative estimate of drug-likeness (QED) is 0.603. The minimum absolute atomic E-state index is 0.00119. The molecule has 1 aromatic rings. The first kappa shape index (κ1) is 17.2. The Morgan fingerprint density at radius 1 is 1.46 bits per heavy atom. The molecule has 2 heterocycles. The maximum atomic E-state index is 13.2. The van der Waals surface area contributed by atoms with Gasteiger partial charge in [-0.2, -0.15) is 11.8 Å². The van der Waals surface area contributed by atoms with E-state index < -0.39 is 4.92 Å². The van der Waals surface area contributed by atoms with Crippen LogP contribution in [0.2, 0.25) is 0 Å². The van der Waals surface area contributed by atoms with Crippen molar-refractivity contribution in [2.24, 2.45) is 0 Å². The van der Waals surface area contributed by atoms with E-state index >= 15 is 0 Å². The van der Waals surface area contributed by atoms with Gasteiger partial charge in [0.2, 0.25) is 0 Å². The van der Waals surface area contributed by atoms with Gasteiger partial charge in [-0.25, -0.2) is 0 Å². The van der Waals surface area contributed by atoms with Crippen molar-refractivity contribution >= 4 is 23.4 Å². The molecule has 2 aliphatic heterocycles. The molecule has 0 bridgehead atoms. The highest BCUT2D eigenvalue weighted by molar-refractivity contribution is 7.99. The molecule has 1 aromatic carbocycles. The molecule has 6 nitrogen and oxygen atoms in total. The fourth-order valence-electron chi connectivity index (χ4n) is 3.38. The standard InChI is InChI=1S/C17H22N2O4S/c1-12-15(5-2-6-16(12)19(21)22)17(20)18(13-7-9-24-11-13)10-14-4-3-8-23-14/h2,5-6,13-14H,3-4,7-11H2,1H3/t13-,14-/m1/s1. The molecule has 7 heteroatoms. The number of rotatable bonds is 5. The topological polar surface area (TPSA) is 72.7 Å². The van der Waals surface area contributed by atoms with Crippen molar-refractivity contribution in [3.63, 3.8) is 0 Å². The summed E-state index contributed by atoms with van der Waals surface area (Å²) in [4.78, 5) is 25.8. The van der Waals surface area contributed by atoms with Gasteiger partial charge in [0.15, 0.2) is 0 Å². The van der Waals surface area contributed by atoms with Crippen molar-refractivity contribution < 1.29 is 14.5 Å². The molecule has 0 spiro atoms. The lowest BCUT2D eigenvalue weighted by atomic mass is 10.0. The Morgan fingerprint density at radius 3 is 2.92 bits per heavy atom. The van der Waals surface area contributed by atoms with E-state index in [9.17, 15) is 14.9 Å². The molecule has 0 N–H and O–H groups in total. The summed E-state index contributed by atoms with van der Waals surface area (Å²) in [5, 5.41) is 11.2. The minimum Gasteiger partial charge on any atom is -0.376 e. The zero-order valence-electron chi connectivity index (χ0n) is 13.8. The maximum Gasteiger partial charge on any atom is 0.273 e. The van der Waals surface area contributed by atoms with Crippen LogP contribution in [0.25, 0.3) is 0 Å². The number of nitrogens with zero attached hydrogens (tertiary/aromatic N) is 2. The predicted molar refractivity (Wildman–Crippen MR) is 93.6 cm³/mol. The molecule has 0 aliphatic carbocycles. The molecule has 24 heavy (non-hydrogen) atoms. The van der Waals surface area contributed by atoms with Gasteiger partial charge < -0.3 is 9.64 Å². The van der Waals surface area contributed by atoms with E-state index in [1.807, 2.05) is 16.7 Å². The van der Waals surface area contributed by atoms with Crippen molar-refractivity contribution in [2.45, 2.75) is 38.3 Å². The van der Waals surface area contributed by atoms with Gasteiger partial charge in [0.05, 0.1) is 11.0 Å². The van der Waals surface area contributed by atoms with Gasteiger partial charge in [0.25, 0.3) is 11.6 Å². The third-order valence-corrected chi connectivity index (χ3v) is 5.91. The molecule has 2 fully saturated rings. The van der Waals surface area contributed by atoms with E-state index in [1.54, 1.807) is 19.1 Å². The van der Waals surface area contributed by atoms with Crippen LogP contribution < -0.4 is 0 Å². The van der Waals surface area contributed by atoms with E-state index in [0.29, 0.717) is 17.7 Å². The molecular weight excluding hydrogens is 328 g/mol. The van der Waals surface area contributed by atoms with Gasteiger partial charge >= 0.3 is 0 Å². The average Bonchev–Trinajstić information content (AvgIpc) is 3.25. The first-order valence-electron chi connectivity index (χ1n) is 8.32. The summed E-state index contributed by atoms with van der Waals surface area (Å²) in [7, 11) is 0. The van der Waals surface area contributed by atoms with Crippen LogP contribution in [-0.4, -0.2) is 52.5 Å². The second-order valence-corrected chi connectivity index (χ2v) is 7.47. The first-order chi connectivity index (χ1) is 11.6. The van der Waals surface area contributed by atoms with Crippen molar-refractivity contribution in [3.8, 4) is 0 Å². The van der Waals surface area contributed by atoms with Gasteiger partial charge in [-0.1, -0.05) is 6.07 Å². The lowest BCUT2D eigenvalue weighted by molar-refractivity contribution is -0.385. The highest BCUT2D eigenvalue weighted by atomic mass is 32.2. The summed E-state index contributed by atoms with van der Waals surface area (Å²) in [5.41, 5.74) is 0.869. The van der Waals surface area contributed by atoms with Crippen molar-refractivity contribution in [2.75, 3.05) is 24.7 Å². The van der Waals surface area contributed by atoms with Gasteiger partial charge in [-0.3, -0.25) is 14.9 Å². The molecule has 2 aliphatic rings. The van der Waals surface area contributed by atoms with Crippen molar-refractivity contribution in [1.82, 2.24) is 4.90 Å². The number of nitro groups is 1. The molecule has 2 saturated heterocycles. The monoisotopic (exact) mass is 350 g/mol. The van der Waals surface area contributed by atoms with Crippen LogP contribution in [0.15, 0.2) is 18.2 Å². The number of hydrogen-bond acceptors (Lipinski definition) is 5. The van der Waals surface area contributed by atoms with Gasteiger partial charge in [-0.15, -0.1) is 0 Å². The third kappa shape index (κ3) is 3.57. The summed E-state index contributed by atoms with van der Waals surface area (Å²) in [6.07, 6.45) is 3.05. The largest absolute Gasteiger partial charge is 0.376 e. The van der Waals surface area contributed by atoms with E-state index in [0.717, 1.165) is 37.4 Å². The lowest BCUT2D eigenvalue weighted by Gasteiger charge is -2.31. The SMILES string of the molecule is Cc1c(C(=O)N(C[C@H]2CCCO2)[C@@H]2CCSC2)cccc1[N+](=O)[O-]. The zero-order valence-corrected chi connectivity index (χ0v) is 14.6. The Hall–Kier alpha value is -1.60. The number of carbonyl (C=O) groups is 1. The van der Waals surface area contributed by atoms with E-state index in [4.69, 9.17) is 4.74 Å². The van der Waals surface area contributed by atoms with Crippen LogP contribution in [0.5, 0.6) is 0 Å². The highest BCUT2D eigenvalue weighted by Crippen LogP contribution is 2.28. The average molecular weight is 350 g/mol. The third-order valence-electron chi connectivity index (χ3n) is 4.76. The number of ether oxygens (including phenoxy) is 1. The summed E-state index contributed by atoms with van der Waals surface area (Å²) < 4.78 is 5.71. The number of benzene rings is 1. The van der Waals surface area contributed by atoms with Crippen LogP contribution in [0.4, 0.5) is 5.69 Å². The predicted octanol–water partition coefficient (Wildman–Crippen LogP) is 3.03. The van der Waals surface area contributed by atoms with Crippen molar-refractivity contribution in [1.29, 1.82) is 0 Å². The molecule has 0 radical (unpaired) electrons. The second kappa shape index (κ2) is 7.53. The number of thioether (sulfide) groups is 1. The summed E-state index contributed by atoms with van der Waals surface area (Å²) >= 11 is 1.85. The second-order valence-electron chi connectivity index (χ2n) is 6.32. The minimum atomic E-state index is -0.429. The highest BCUT2D eigenvalue weighted by Gasteiger charge is 2.32. The molecular formula is C17H22N2O4S. The smallest absolute Gasteiger partial charge is 0.273 e. The summed E-state index contributed by atoms with van der Waals surface area (Å²) in [6, 6.07) is 4.91. The Labute approximate surface area is 145 Å². The lowest BCUT2D eigenvalue weighted by Crippen LogP contribution is -2.45. The number of amides is 1. The Morgan fingerprint density at radius 2 is 2.29 bits per heavy atom. The van der Waals surface area contributed by atoms with Crippen LogP contribution in [0.3, 0.4) is 0 Å². The van der Waals surface area contributed by atoms with Crippen LogP contribution in [-0.2, 0) is 4.74 Å². The molecule has 0 saturated carbocycles. The normalized spacial score (nSPS) is 23.4. The summed E-state index contributed by atoms with van der Waals surface area (Å²) in [5.74, 6) is 1.86. The van der Waals surface area contributed by atoms with Crippen LogP contribution in [0.1, 0.15) is 35.2 Å². The van der Waals surface area contributed by atoms with Gasteiger partial charge in [-0.05, 0) is 38.0 Å². The Balaban J connectivity index is 1.87. The number of nitro benzene ring substituents is 1. The van der Waals surface area contributed by atoms with Crippen molar-refractivity contribution in [3.05, 3.63) is 39.4 Å². The summed E-state index contributed by atoms with van der Waals surface area (Å²) in [6.45, 7) is 2.98. The molecule has 130 valence electrons. The molecule has 0 aromatic heterocycles. The molecule has 0 unspecified atom stereocenters. The van der Waals surface area contributed by atoms with Crippen LogP contribution in [0, 0.1) is 17.0 Å². The Kier molecular flexibility index (Phi) is 5.40. The fraction of sp³-hybridized carbons (Fsp3) is 0.588. The molecule has 1 amide bonds. The molecule has 2 atom stereocenters. The van der Waals surface area contributed by atoms with E-state index in [2.05, 4.69) is 0 Å². The molecule has 3 rings (SSSR count). The number of hydrogen-bond donors (Lipinski definition) is 0. The zero-order chi connectivity index (χ0) is 17.1. The van der Waals surface area contributed by atoms with E-state index in [1.165, 1.54) is 6.07 Å². The van der Waals surface area contributed by atoms with Gasteiger partial charge in [0, 0.05) is 42.1 Å². The van der Waals surface area contributed by atoms with E-state index in [-0.39, 0.29) is 23.7 Å². The first-order valence-corrected chi connectivity index (χ1v) is 9.47. The maximum absolute atomic E-state index is 13.2. The number of carbonyl (C=O) groups excluding carboxylic acids is 1.